The molecule has 0 spiro atoms. The standard InChI is InChI=1S/C29H30ClN3O2/c1-5-25(28(34)32-23-14-11-20(12-15-23)18(2)3)33-26-16-13-22(30)17-24(26)27(31-19(4)29(33)35)21-9-7-6-8-10-21/h6-19,25H,5H2,1-4H3,(H,32,34)/t19-,25-/m1/s1. The van der Waals surface area contributed by atoms with Crippen LogP contribution in [-0.2, 0) is 9.59 Å². The van der Waals surface area contributed by atoms with Gasteiger partial charge in [-0.1, -0.05) is 74.8 Å². The minimum absolute atomic E-state index is 0.225. The van der Waals surface area contributed by atoms with Crippen molar-refractivity contribution in [1.29, 1.82) is 0 Å². The summed E-state index contributed by atoms with van der Waals surface area (Å²) in [6.45, 7) is 7.93. The third-order valence-electron chi connectivity index (χ3n) is 6.28. The molecule has 35 heavy (non-hydrogen) atoms. The Labute approximate surface area is 211 Å². The summed E-state index contributed by atoms with van der Waals surface area (Å²) in [6, 6.07) is 21.5. The first kappa shape index (κ1) is 24.7. The second kappa shape index (κ2) is 10.4. The molecule has 1 aliphatic rings. The van der Waals surface area contributed by atoms with Crippen LogP contribution in [0.4, 0.5) is 11.4 Å². The minimum atomic E-state index is -0.708. The molecule has 0 saturated heterocycles. The third kappa shape index (κ3) is 5.15. The number of hydrogen-bond acceptors (Lipinski definition) is 3. The van der Waals surface area contributed by atoms with E-state index in [0.29, 0.717) is 34.4 Å². The molecule has 0 aliphatic carbocycles. The Morgan fingerprint density at radius 1 is 1.06 bits per heavy atom. The second-order valence-corrected chi connectivity index (χ2v) is 9.52. The van der Waals surface area contributed by atoms with E-state index in [1.54, 1.807) is 24.0 Å². The maximum atomic E-state index is 13.7. The van der Waals surface area contributed by atoms with Gasteiger partial charge < -0.3 is 5.32 Å². The zero-order chi connectivity index (χ0) is 25.1. The highest BCUT2D eigenvalue weighted by Gasteiger charge is 2.37. The Bertz CT molecular complexity index is 1250. The number of halogens is 1. The molecule has 0 radical (unpaired) electrons. The van der Waals surface area contributed by atoms with Gasteiger partial charge in [0.05, 0.1) is 11.4 Å². The molecule has 0 saturated carbocycles. The summed E-state index contributed by atoms with van der Waals surface area (Å²) in [4.78, 5) is 33.5. The molecule has 0 aromatic heterocycles. The van der Waals surface area contributed by atoms with Gasteiger partial charge >= 0.3 is 0 Å². The number of benzene rings is 3. The van der Waals surface area contributed by atoms with Gasteiger partial charge in [0.15, 0.2) is 0 Å². The van der Waals surface area contributed by atoms with Crippen molar-refractivity contribution in [3.8, 4) is 0 Å². The molecule has 4 rings (SSSR count). The second-order valence-electron chi connectivity index (χ2n) is 9.08. The Morgan fingerprint density at radius 3 is 2.37 bits per heavy atom. The number of anilines is 2. The van der Waals surface area contributed by atoms with E-state index in [2.05, 4.69) is 19.2 Å². The van der Waals surface area contributed by atoms with E-state index in [-0.39, 0.29) is 11.8 Å². The zero-order valence-corrected chi connectivity index (χ0v) is 21.2. The van der Waals surface area contributed by atoms with Crippen molar-refractivity contribution in [1.82, 2.24) is 0 Å². The van der Waals surface area contributed by atoms with Crippen molar-refractivity contribution in [2.24, 2.45) is 4.99 Å². The van der Waals surface area contributed by atoms with Gasteiger partial charge in [0.25, 0.3) is 5.91 Å². The van der Waals surface area contributed by atoms with Crippen LogP contribution in [0.15, 0.2) is 77.8 Å². The Hall–Kier alpha value is -3.44. The van der Waals surface area contributed by atoms with Crippen molar-refractivity contribution >= 4 is 40.5 Å². The molecule has 180 valence electrons. The van der Waals surface area contributed by atoms with Crippen LogP contribution in [-0.4, -0.2) is 29.6 Å². The lowest BCUT2D eigenvalue weighted by molar-refractivity contribution is -0.124. The van der Waals surface area contributed by atoms with E-state index in [0.717, 1.165) is 11.1 Å². The number of fused-ring (bicyclic) bond motifs is 1. The van der Waals surface area contributed by atoms with Crippen LogP contribution in [0.3, 0.4) is 0 Å². The first-order chi connectivity index (χ1) is 16.8. The van der Waals surface area contributed by atoms with Crippen molar-refractivity contribution in [2.45, 2.75) is 52.1 Å². The van der Waals surface area contributed by atoms with E-state index in [1.165, 1.54) is 5.56 Å². The first-order valence-corrected chi connectivity index (χ1v) is 12.3. The third-order valence-corrected chi connectivity index (χ3v) is 6.52. The van der Waals surface area contributed by atoms with Crippen LogP contribution in [0.1, 0.15) is 56.7 Å². The fraction of sp³-hybridized carbons (Fsp3) is 0.276. The molecule has 5 nitrogen and oxygen atoms in total. The smallest absolute Gasteiger partial charge is 0.252 e. The molecule has 6 heteroatoms. The molecule has 3 aromatic rings. The number of aliphatic imine (C=N–C) groups is 1. The lowest BCUT2D eigenvalue weighted by Crippen LogP contribution is -2.50. The van der Waals surface area contributed by atoms with Gasteiger partial charge in [0.1, 0.15) is 12.1 Å². The molecule has 0 unspecified atom stereocenters. The fourth-order valence-electron chi connectivity index (χ4n) is 4.36. The normalized spacial score (nSPS) is 16.4. The number of nitrogens with one attached hydrogen (secondary N) is 1. The Kier molecular flexibility index (Phi) is 7.37. The zero-order valence-electron chi connectivity index (χ0n) is 20.5. The van der Waals surface area contributed by atoms with Gasteiger partial charge in [0.2, 0.25) is 5.91 Å². The highest BCUT2D eigenvalue weighted by molar-refractivity contribution is 6.32. The number of rotatable bonds is 6. The summed E-state index contributed by atoms with van der Waals surface area (Å²) in [5.41, 5.74) is 4.83. The van der Waals surface area contributed by atoms with Gasteiger partial charge in [-0.05, 0) is 55.2 Å². The van der Waals surface area contributed by atoms with E-state index in [9.17, 15) is 9.59 Å². The van der Waals surface area contributed by atoms with Gasteiger partial charge in [0, 0.05) is 21.8 Å². The van der Waals surface area contributed by atoms with Crippen LogP contribution in [0.5, 0.6) is 0 Å². The van der Waals surface area contributed by atoms with Crippen molar-refractivity contribution in [2.75, 3.05) is 10.2 Å². The number of carbonyl (C=O) groups excluding carboxylic acids is 2. The van der Waals surface area contributed by atoms with Crippen LogP contribution in [0, 0.1) is 0 Å². The number of benzodiazepines with no additional fused rings is 1. The highest BCUT2D eigenvalue weighted by Crippen LogP contribution is 2.33. The average molecular weight is 488 g/mol. The van der Waals surface area contributed by atoms with Crippen molar-refractivity contribution in [3.05, 3.63) is 94.5 Å². The predicted octanol–water partition coefficient (Wildman–Crippen LogP) is 6.45. The summed E-state index contributed by atoms with van der Waals surface area (Å²) in [5, 5.41) is 3.54. The van der Waals surface area contributed by atoms with Gasteiger partial charge in [-0.25, -0.2) is 0 Å². The molecule has 1 N–H and O–H groups in total. The maximum absolute atomic E-state index is 13.7. The summed E-state index contributed by atoms with van der Waals surface area (Å²) in [6.07, 6.45) is 0.442. The monoisotopic (exact) mass is 487 g/mol. The summed E-state index contributed by atoms with van der Waals surface area (Å²) in [5.74, 6) is -0.0624. The largest absolute Gasteiger partial charge is 0.324 e. The van der Waals surface area contributed by atoms with E-state index in [4.69, 9.17) is 16.6 Å². The molecular formula is C29H30ClN3O2. The van der Waals surface area contributed by atoms with Crippen molar-refractivity contribution < 1.29 is 9.59 Å². The van der Waals surface area contributed by atoms with Crippen LogP contribution >= 0.6 is 11.6 Å². The molecular weight excluding hydrogens is 458 g/mol. The Morgan fingerprint density at radius 2 is 1.74 bits per heavy atom. The molecule has 2 amide bonds. The molecule has 1 heterocycles. The number of amides is 2. The Balaban J connectivity index is 1.74. The summed E-state index contributed by atoms with van der Waals surface area (Å²) in [7, 11) is 0. The fourth-order valence-corrected chi connectivity index (χ4v) is 4.53. The molecule has 1 aliphatic heterocycles. The van der Waals surface area contributed by atoms with Crippen molar-refractivity contribution in [3.63, 3.8) is 0 Å². The maximum Gasteiger partial charge on any atom is 0.252 e. The molecule has 3 aromatic carbocycles. The SMILES string of the molecule is CC[C@H](C(=O)Nc1ccc(C(C)C)cc1)N1C(=O)[C@@H](C)N=C(c2ccccc2)c2cc(Cl)ccc21. The number of hydrogen-bond donors (Lipinski definition) is 1. The number of nitrogens with zero attached hydrogens (tertiary/aromatic N) is 2. The van der Waals surface area contributed by atoms with Gasteiger partial charge in [-0.3, -0.25) is 19.5 Å². The lowest BCUT2D eigenvalue weighted by atomic mass is 9.99. The quantitative estimate of drug-likeness (QED) is 0.434. The van der Waals surface area contributed by atoms with E-state index < -0.39 is 12.1 Å². The van der Waals surface area contributed by atoms with E-state index in [1.807, 2.05) is 67.6 Å². The van der Waals surface area contributed by atoms with Crippen LogP contribution in [0.25, 0.3) is 0 Å². The first-order valence-electron chi connectivity index (χ1n) is 12.0. The van der Waals surface area contributed by atoms with Crippen LogP contribution in [0.2, 0.25) is 5.02 Å². The molecule has 0 bridgehead atoms. The number of carbonyl (C=O) groups is 2. The average Bonchev–Trinajstić information content (AvgIpc) is 2.95. The van der Waals surface area contributed by atoms with Gasteiger partial charge in [-0.2, -0.15) is 0 Å². The highest BCUT2D eigenvalue weighted by atomic mass is 35.5. The van der Waals surface area contributed by atoms with E-state index >= 15 is 0 Å². The molecule has 0 fully saturated rings. The predicted molar refractivity (Wildman–Crippen MR) is 144 cm³/mol. The minimum Gasteiger partial charge on any atom is -0.324 e. The topological polar surface area (TPSA) is 61.8 Å². The summed E-state index contributed by atoms with van der Waals surface area (Å²) >= 11 is 6.38. The van der Waals surface area contributed by atoms with Gasteiger partial charge in [-0.15, -0.1) is 0 Å². The summed E-state index contributed by atoms with van der Waals surface area (Å²) < 4.78 is 0. The molecule has 2 atom stereocenters. The lowest BCUT2D eigenvalue weighted by Gasteiger charge is -2.31. The van der Waals surface area contributed by atoms with Crippen LogP contribution < -0.4 is 10.2 Å².